The van der Waals surface area contributed by atoms with E-state index in [1.54, 1.807) is 31.2 Å². The molecule has 8 heteroatoms. The lowest BCUT2D eigenvalue weighted by molar-refractivity contribution is 0.0936. The Hall–Kier alpha value is -1.93. The summed E-state index contributed by atoms with van der Waals surface area (Å²) in [4.78, 5) is 13.4. The summed E-state index contributed by atoms with van der Waals surface area (Å²) in [5.41, 5.74) is 0.595. The van der Waals surface area contributed by atoms with Gasteiger partial charge < -0.3 is 5.32 Å². The molecule has 1 amide bonds. The van der Waals surface area contributed by atoms with Crippen molar-refractivity contribution in [1.29, 1.82) is 0 Å². The number of thioether (sulfide) groups is 1. The van der Waals surface area contributed by atoms with Gasteiger partial charge in [0.15, 0.2) is 9.84 Å². The quantitative estimate of drug-likeness (QED) is 0.814. The molecule has 0 radical (unpaired) electrons. The molecule has 2 atom stereocenters. The number of hydrogen-bond donors (Lipinski definition) is 1. The Kier molecular flexibility index (Phi) is 5.86. The zero-order chi connectivity index (χ0) is 19.6. The van der Waals surface area contributed by atoms with Crippen molar-refractivity contribution in [1.82, 2.24) is 5.32 Å². The molecule has 1 fully saturated rings. The fourth-order valence-electron chi connectivity index (χ4n) is 3.00. The minimum atomic E-state index is -3.01. The molecule has 3 rings (SSSR count). The second kappa shape index (κ2) is 7.98. The third-order valence-electron chi connectivity index (χ3n) is 4.39. The van der Waals surface area contributed by atoms with Crippen molar-refractivity contribution in [2.24, 2.45) is 0 Å². The van der Waals surface area contributed by atoms with E-state index in [9.17, 15) is 22.0 Å². The number of sulfone groups is 1. The van der Waals surface area contributed by atoms with E-state index in [2.05, 4.69) is 5.32 Å². The Morgan fingerprint density at radius 3 is 2.63 bits per heavy atom. The van der Waals surface area contributed by atoms with Gasteiger partial charge in [0.05, 0.1) is 23.1 Å². The number of nitrogens with one attached hydrogen (secondary N) is 1. The van der Waals surface area contributed by atoms with Crippen LogP contribution in [0.1, 0.15) is 35.3 Å². The van der Waals surface area contributed by atoms with Crippen LogP contribution in [0.3, 0.4) is 0 Å². The van der Waals surface area contributed by atoms with E-state index in [1.165, 1.54) is 17.8 Å². The van der Waals surface area contributed by atoms with Crippen LogP contribution in [0.2, 0.25) is 0 Å². The van der Waals surface area contributed by atoms with E-state index < -0.39 is 33.4 Å². The van der Waals surface area contributed by atoms with Gasteiger partial charge >= 0.3 is 0 Å². The van der Waals surface area contributed by atoms with Crippen molar-refractivity contribution in [3.63, 3.8) is 0 Å². The van der Waals surface area contributed by atoms with Crippen LogP contribution >= 0.6 is 11.8 Å². The van der Waals surface area contributed by atoms with E-state index in [4.69, 9.17) is 0 Å². The molecule has 0 aromatic heterocycles. The summed E-state index contributed by atoms with van der Waals surface area (Å²) in [5, 5.41) is 2.63. The highest BCUT2D eigenvalue weighted by Gasteiger charge is 2.29. The standard InChI is InChI=1S/C19H19F2NO3S2/c1-12(15-7-6-13(20)10-17(15)21)22-19(23)16-4-2-3-5-18(16)26-14-8-9-27(24,25)11-14/h2-7,10,12,14H,8-9,11H2,1H3,(H,22,23). The third-order valence-corrected chi connectivity index (χ3v) is 7.72. The Morgan fingerprint density at radius 2 is 1.96 bits per heavy atom. The molecule has 2 aromatic rings. The molecule has 4 nitrogen and oxygen atoms in total. The highest BCUT2D eigenvalue weighted by atomic mass is 32.2. The average molecular weight is 411 g/mol. The number of carbonyl (C=O) groups is 1. The lowest BCUT2D eigenvalue weighted by atomic mass is 10.1. The Balaban J connectivity index is 1.75. The monoisotopic (exact) mass is 411 g/mol. The predicted octanol–water partition coefficient (Wildman–Crippen LogP) is 3.74. The summed E-state index contributed by atoms with van der Waals surface area (Å²) in [6.45, 7) is 1.62. The summed E-state index contributed by atoms with van der Waals surface area (Å²) in [5.74, 6) is -1.52. The smallest absolute Gasteiger partial charge is 0.252 e. The van der Waals surface area contributed by atoms with E-state index in [0.29, 0.717) is 16.9 Å². The summed E-state index contributed by atoms with van der Waals surface area (Å²) >= 11 is 1.37. The van der Waals surface area contributed by atoms with Gasteiger partial charge in [0.25, 0.3) is 5.91 Å². The molecule has 27 heavy (non-hydrogen) atoms. The maximum absolute atomic E-state index is 13.9. The van der Waals surface area contributed by atoms with Crippen LogP contribution in [-0.2, 0) is 9.84 Å². The lowest BCUT2D eigenvalue weighted by Crippen LogP contribution is -2.27. The first-order valence-corrected chi connectivity index (χ1v) is 11.2. The zero-order valence-electron chi connectivity index (χ0n) is 14.6. The normalized spacial score (nSPS) is 19.6. The van der Waals surface area contributed by atoms with Gasteiger partial charge in [0.2, 0.25) is 0 Å². The second-order valence-electron chi connectivity index (χ2n) is 6.50. The Morgan fingerprint density at radius 1 is 1.22 bits per heavy atom. The minimum Gasteiger partial charge on any atom is -0.345 e. The topological polar surface area (TPSA) is 63.2 Å². The molecule has 1 saturated heterocycles. The first kappa shape index (κ1) is 19.8. The summed E-state index contributed by atoms with van der Waals surface area (Å²) in [6, 6.07) is 9.50. The first-order valence-electron chi connectivity index (χ1n) is 8.47. The molecule has 1 aliphatic rings. The van der Waals surface area contributed by atoms with Crippen LogP contribution in [0.5, 0.6) is 0 Å². The van der Waals surface area contributed by atoms with Gasteiger partial charge in [-0.15, -0.1) is 11.8 Å². The fraction of sp³-hybridized carbons (Fsp3) is 0.316. The number of amides is 1. The summed E-state index contributed by atoms with van der Waals surface area (Å²) < 4.78 is 50.3. The van der Waals surface area contributed by atoms with Crippen LogP contribution in [0.4, 0.5) is 8.78 Å². The highest BCUT2D eigenvalue weighted by Crippen LogP contribution is 2.33. The predicted molar refractivity (Wildman–Crippen MR) is 102 cm³/mol. The van der Waals surface area contributed by atoms with Gasteiger partial charge in [-0.1, -0.05) is 18.2 Å². The number of benzene rings is 2. The summed E-state index contributed by atoms with van der Waals surface area (Å²) in [6.07, 6.45) is 0.556. The van der Waals surface area contributed by atoms with E-state index in [1.807, 2.05) is 0 Å². The molecule has 144 valence electrons. The first-order chi connectivity index (χ1) is 12.7. The molecular weight excluding hydrogens is 392 g/mol. The molecule has 0 aliphatic carbocycles. The van der Waals surface area contributed by atoms with E-state index >= 15 is 0 Å². The molecule has 1 aliphatic heterocycles. The number of hydrogen-bond acceptors (Lipinski definition) is 4. The summed E-state index contributed by atoms with van der Waals surface area (Å²) in [7, 11) is -3.01. The van der Waals surface area contributed by atoms with E-state index in [-0.39, 0.29) is 22.3 Å². The number of carbonyl (C=O) groups excluding carboxylic acids is 1. The molecule has 0 bridgehead atoms. The third kappa shape index (κ3) is 4.87. The van der Waals surface area contributed by atoms with Crippen molar-refractivity contribution in [2.75, 3.05) is 11.5 Å². The Bertz CT molecular complexity index is 963. The molecular formula is C19H19F2NO3S2. The van der Waals surface area contributed by atoms with Crippen LogP contribution in [0.15, 0.2) is 47.4 Å². The average Bonchev–Trinajstić information content (AvgIpc) is 2.93. The highest BCUT2D eigenvalue weighted by molar-refractivity contribution is 8.02. The minimum absolute atomic E-state index is 0.0871. The second-order valence-corrected chi connectivity index (χ2v) is 10.1. The lowest BCUT2D eigenvalue weighted by Gasteiger charge is -2.17. The van der Waals surface area contributed by atoms with Gasteiger partial charge in [0, 0.05) is 21.8 Å². The SMILES string of the molecule is CC(NC(=O)c1ccccc1SC1CCS(=O)(=O)C1)c1ccc(F)cc1F. The van der Waals surface area contributed by atoms with Crippen LogP contribution < -0.4 is 5.32 Å². The van der Waals surface area contributed by atoms with Crippen LogP contribution in [0.25, 0.3) is 0 Å². The largest absolute Gasteiger partial charge is 0.345 e. The van der Waals surface area contributed by atoms with Crippen LogP contribution in [-0.4, -0.2) is 31.1 Å². The van der Waals surface area contributed by atoms with Crippen molar-refractivity contribution in [3.8, 4) is 0 Å². The van der Waals surface area contributed by atoms with Gasteiger partial charge in [0.1, 0.15) is 11.6 Å². The molecule has 2 aromatic carbocycles. The van der Waals surface area contributed by atoms with Crippen molar-refractivity contribution >= 4 is 27.5 Å². The molecule has 0 saturated carbocycles. The van der Waals surface area contributed by atoms with Gasteiger partial charge in [-0.3, -0.25) is 4.79 Å². The van der Waals surface area contributed by atoms with E-state index in [0.717, 1.165) is 12.1 Å². The maximum atomic E-state index is 13.9. The maximum Gasteiger partial charge on any atom is 0.252 e. The molecule has 1 heterocycles. The zero-order valence-corrected chi connectivity index (χ0v) is 16.2. The van der Waals surface area contributed by atoms with Crippen LogP contribution in [0, 0.1) is 11.6 Å². The fourth-order valence-corrected chi connectivity index (χ4v) is 6.62. The molecule has 2 unspecified atom stereocenters. The number of halogens is 2. The van der Waals surface area contributed by atoms with Crippen molar-refractivity contribution < 1.29 is 22.0 Å². The van der Waals surface area contributed by atoms with Crippen molar-refractivity contribution in [3.05, 3.63) is 65.2 Å². The number of rotatable bonds is 5. The molecule has 0 spiro atoms. The van der Waals surface area contributed by atoms with Gasteiger partial charge in [-0.25, -0.2) is 17.2 Å². The van der Waals surface area contributed by atoms with Gasteiger partial charge in [-0.05, 0) is 31.5 Å². The van der Waals surface area contributed by atoms with Gasteiger partial charge in [-0.2, -0.15) is 0 Å². The van der Waals surface area contributed by atoms with Crippen molar-refractivity contribution in [2.45, 2.75) is 29.5 Å². The Labute approximate surface area is 161 Å². The molecule has 1 N–H and O–H groups in total.